The molecule has 4 saturated carbocycles. The Balaban J connectivity index is 1.01. The van der Waals surface area contributed by atoms with E-state index in [2.05, 4.69) is 40.7 Å². The smallest absolute Gasteiger partial charge is 0.187 e. The first-order valence-electron chi connectivity index (χ1n) is 27.9. The molecule has 0 radical (unpaired) electrons. The summed E-state index contributed by atoms with van der Waals surface area (Å²) in [5.74, 6) is -0.475. The zero-order valence-electron chi connectivity index (χ0n) is 45.8. The third-order valence-electron chi connectivity index (χ3n) is 20.9. The van der Waals surface area contributed by atoms with Crippen molar-refractivity contribution in [3.8, 4) is 0 Å². The van der Waals surface area contributed by atoms with E-state index in [0.717, 1.165) is 24.8 Å². The van der Waals surface area contributed by atoms with E-state index in [-0.39, 0.29) is 34.5 Å². The van der Waals surface area contributed by atoms with Gasteiger partial charge in [0.15, 0.2) is 25.2 Å². The van der Waals surface area contributed by atoms with Crippen molar-refractivity contribution in [2.24, 2.45) is 45.3 Å². The van der Waals surface area contributed by atoms with Gasteiger partial charge in [-0.05, 0) is 124 Å². The Kier molecular flexibility index (Phi) is 18.9. The van der Waals surface area contributed by atoms with Crippen molar-refractivity contribution in [1.82, 2.24) is 0 Å². The number of fused-ring (bicyclic) bond motifs is 5. The third-order valence-corrected chi connectivity index (χ3v) is 20.9. The number of aliphatic hydroxyl groups is 15. The quantitative estimate of drug-likeness (QED) is 0.0576. The van der Waals surface area contributed by atoms with Crippen LogP contribution in [-0.4, -0.2) is 244 Å². The lowest BCUT2D eigenvalue weighted by Crippen LogP contribution is -2.68. The van der Waals surface area contributed by atoms with Crippen LogP contribution in [0.5, 0.6) is 0 Å². The van der Waals surface area contributed by atoms with Gasteiger partial charge in [0.1, 0.15) is 97.7 Å². The molecule has 8 fully saturated rings. The SMILES string of the molecule is CC(C)=CCCC(C)(O[C@@H]1O[C@H](COC2O[C@H](CO)[C@@H](O)[C@H](O)[C@H]2O)[C@@H](O)[C@H](O)[C@H]1O)[C@H]1CC[C@]2(C)[C@@H]1[C@H](O)C[C@@H]1[C@@]3(C)CC[C@H](O[C@@H]4O[C@H](CO)[C@@H](O)[C@H](O)[C@H]4O[C@@H]4O[C@H](CO)[C@@H](O)[C@H](O)[C@H]4O)C(C)(C)[C@@H]3CC[C@]12C. The van der Waals surface area contributed by atoms with E-state index in [1.165, 1.54) is 0 Å². The summed E-state index contributed by atoms with van der Waals surface area (Å²) in [7, 11) is 0. The van der Waals surface area contributed by atoms with Gasteiger partial charge in [-0.2, -0.15) is 0 Å². The average Bonchev–Trinajstić information content (AvgIpc) is 3.96. The van der Waals surface area contributed by atoms with Crippen LogP contribution >= 0.6 is 0 Å². The summed E-state index contributed by atoms with van der Waals surface area (Å²) in [6, 6.07) is 0. The molecular weight excluding hydrogens is 1020 g/mol. The average molecular weight is 1110 g/mol. The van der Waals surface area contributed by atoms with Crippen molar-refractivity contribution in [2.75, 3.05) is 26.4 Å². The molecule has 0 spiro atoms. The lowest BCUT2D eigenvalue weighted by molar-refractivity contribution is -0.378. The Bertz CT molecular complexity index is 1990. The van der Waals surface area contributed by atoms with Crippen LogP contribution in [0.15, 0.2) is 11.6 Å². The highest BCUT2D eigenvalue weighted by atomic mass is 16.8. The van der Waals surface area contributed by atoms with E-state index in [1.807, 2.05) is 20.8 Å². The zero-order valence-corrected chi connectivity index (χ0v) is 45.8. The summed E-state index contributed by atoms with van der Waals surface area (Å²) >= 11 is 0. The lowest BCUT2D eigenvalue weighted by Gasteiger charge is -2.71. The van der Waals surface area contributed by atoms with Gasteiger partial charge >= 0.3 is 0 Å². The summed E-state index contributed by atoms with van der Waals surface area (Å²) < 4.78 is 48.9. The van der Waals surface area contributed by atoms with Gasteiger partial charge in [0.2, 0.25) is 0 Å². The fourth-order valence-corrected chi connectivity index (χ4v) is 16.3. The molecule has 4 saturated heterocycles. The van der Waals surface area contributed by atoms with Gasteiger partial charge in [0, 0.05) is 0 Å². The van der Waals surface area contributed by atoms with Crippen LogP contribution < -0.4 is 0 Å². The standard InChI is InChI=1S/C54H92O23/c1-23(2)10-9-14-54(8,77-48-44(69)40(65)37(62)29(74-48)22-70-46-42(67)38(63)34(59)26(19-55)71-46)24-11-16-53(7)33(24)25(58)18-31-51(5)15-13-32(50(3,4)30(51)12-17-52(31,53)6)75-49-45(41(66)36(61)28(21-57)73-49)76-47-43(68)39(64)35(60)27(20-56)72-47/h10,24-49,55-69H,9,11-22H2,1-8H3/t24-,25+,26+,27+,28+,29+,30-,31+,32-,33-,34+,35+,36+,37+,38-,39-,40-,41-,42+,43+,44+,45+,46?,47-,48-,49-,51-,52+,53+,54?/m0/s1. The van der Waals surface area contributed by atoms with Crippen molar-refractivity contribution in [1.29, 1.82) is 0 Å². The van der Waals surface area contributed by atoms with Gasteiger partial charge < -0.3 is 114 Å². The van der Waals surface area contributed by atoms with Crippen LogP contribution in [-0.2, 0) is 37.9 Å². The molecule has 4 heterocycles. The minimum Gasteiger partial charge on any atom is -0.394 e. The van der Waals surface area contributed by atoms with E-state index in [0.29, 0.717) is 38.5 Å². The molecular formula is C54H92O23. The molecule has 0 aromatic heterocycles. The Hall–Kier alpha value is -1.18. The second-order valence-electron chi connectivity index (χ2n) is 25.7. The summed E-state index contributed by atoms with van der Waals surface area (Å²) in [6.07, 6.45) is -25.2. The second kappa shape index (κ2) is 23.5. The fourth-order valence-electron chi connectivity index (χ4n) is 16.3. The van der Waals surface area contributed by atoms with Gasteiger partial charge in [-0.25, -0.2) is 0 Å². The number of ether oxygens (including phenoxy) is 8. The second-order valence-corrected chi connectivity index (χ2v) is 25.7. The van der Waals surface area contributed by atoms with Crippen LogP contribution in [0, 0.1) is 45.3 Å². The van der Waals surface area contributed by atoms with Gasteiger partial charge in [0.05, 0.1) is 44.2 Å². The Morgan fingerprint density at radius 1 is 0.545 bits per heavy atom. The number of hydrogen-bond donors (Lipinski definition) is 15. The molecule has 0 bridgehead atoms. The molecule has 8 rings (SSSR count). The van der Waals surface area contributed by atoms with Gasteiger partial charge in [-0.3, -0.25) is 0 Å². The van der Waals surface area contributed by atoms with Crippen LogP contribution in [0.3, 0.4) is 0 Å². The van der Waals surface area contributed by atoms with Crippen LogP contribution in [0.2, 0.25) is 0 Å². The van der Waals surface area contributed by atoms with E-state index in [1.54, 1.807) is 0 Å². The molecule has 77 heavy (non-hydrogen) atoms. The Morgan fingerprint density at radius 2 is 1.05 bits per heavy atom. The van der Waals surface area contributed by atoms with Crippen molar-refractivity contribution in [3.05, 3.63) is 11.6 Å². The summed E-state index contributed by atoms with van der Waals surface area (Å²) in [5.41, 5.74) is -1.59. The maximum absolute atomic E-state index is 12.8. The molecule has 30 atom stereocenters. The molecule has 4 aliphatic heterocycles. The maximum atomic E-state index is 12.8. The topological polar surface area (TPSA) is 377 Å². The summed E-state index contributed by atoms with van der Waals surface area (Å²) in [5, 5.41) is 162. The molecule has 23 nitrogen and oxygen atoms in total. The zero-order chi connectivity index (χ0) is 56.6. The molecule has 23 heteroatoms. The van der Waals surface area contributed by atoms with E-state index in [9.17, 15) is 76.6 Å². The largest absolute Gasteiger partial charge is 0.394 e. The normalized spacial score (nSPS) is 52.7. The summed E-state index contributed by atoms with van der Waals surface area (Å²) in [4.78, 5) is 0. The number of hydrogen-bond acceptors (Lipinski definition) is 23. The highest BCUT2D eigenvalue weighted by Gasteiger charge is 2.72. The lowest BCUT2D eigenvalue weighted by atomic mass is 9.35. The highest BCUT2D eigenvalue weighted by Crippen LogP contribution is 2.76. The maximum Gasteiger partial charge on any atom is 0.187 e. The molecule has 2 unspecified atom stereocenters. The first-order valence-corrected chi connectivity index (χ1v) is 27.9. The van der Waals surface area contributed by atoms with Gasteiger partial charge in [-0.1, -0.05) is 46.3 Å². The van der Waals surface area contributed by atoms with Crippen molar-refractivity contribution < 1.29 is 114 Å². The van der Waals surface area contributed by atoms with Crippen molar-refractivity contribution in [3.63, 3.8) is 0 Å². The third kappa shape index (κ3) is 10.9. The van der Waals surface area contributed by atoms with Crippen LogP contribution in [0.4, 0.5) is 0 Å². The van der Waals surface area contributed by atoms with Gasteiger partial charge in [0.25, 0.3) is 0 Å². The highest BCUT2D eigenvalue weighted by molar-refractivity contribution is 5.20. The van der Waals surface area contributed by atoms with Crippen molar-refractivity contribution >= 4 is 0 Å². The molecule has 4 aliphatic carbocycles. The van der Waals surface area contributed by atoms with Crippen molar-refractivity contribution in [2.45, 2.75) is 254 Å². The number of rotatable bonds is 16. The van der Waals surface area contributed by atoms with E-state index >= 15 is 0 Å². The first kappa shape index (κ1) is 61.9. The summed E-state index contributed by atoms with van der Waals surface area (Å²) in [6.45, 7) is 14.6. The molecule has 0 amide bonds. The Morgan fingerprint density at radius 3 is 1.64 bits per heavy atom. The predicted octanol–water partition coefficient (Wildman–Crippen LogP) is -2.20. The monoisotopic (exact) mass is 1110 g/mol. The Labute approximate surface area is 450 Å². The fraction of sp³-hybridized carbons (Fsp3) is 0.963. The molecule has 15 N–H and O–H groups in total. The van der Waals surface area contributed by atoms with Gasteiger partial charge in [-0.15, -0.1) is 0 Å². The first-order chi connectivity index (χ1) is 36.0. The number of aliphatic hydroxyl groups excluding tert-OH is 15. The minimum absolute atomic E-state index is 0.0374. The van der Waals surface area contributed by atoms with Crippen LogP contribution in [0.25, 0.3) is 0 Å². The molecule has 446 valence electrons. The molecule has 0 aromatic rings. The minimum atomic E-state index is -1.82. The predicted molar refractivity (Wildman–Crippen MR) is 266 cm³/mol. The number of allylic oxidation sites excluding steroid dienone is 2. The molecule has 0 aromatic carbocycles. The van der Waals surface area contributed by atoms with E-state index in [4.69, 9.17) is 37.9 Å². The van der Waals surface area contributed by atoms with E-state index < -0.39 is 178 Å². The van der Waals surface area contributed by atoms with Crippen LogP contribution in [0.1, 0.15) is 113 Å². The molecule has 8 aliphatic rings.